The number of thiophene rings is 1. The molecule has 1 aliphatic rings. The summed E-state index contributed by atoms with van der Waals surface area (Å²) in [5.41, 5.74) is 1.56. The summed E-state index contributed by atoms with van der Waals surface area (Å²) < 4.78 is 14.1. The first-order valence-corrected chi connectivity index (χ1v) is 10.7. The highest BCUT2D eigenvalue weighted by atomic mass is 79.9. The fraction of sp³-hybridized carbons (Fsp3) is 0.227. The van der Waals surface area contributed by atoms with E-state index >= 15 is 0 Å². The van der Waals surface area contributed by atoms with Gasteiger partial charge in [0.1, 0.15) is 5.82 Å². The van der Waals surface area contributed by atoms with Crippen LogP contribution in [0, 0.1) is 11.7 Å². The maximum Gasteiger partial charge on any atom is 0.233 e. The van der Waals surface area contributed by atoms with Gasteiger partial charge < -0.3 is 10.0 Å². The van der Waals surface area contributed by atoms with E-state index in [1.165, 1.54) is 12.1 Å². The van der Waals surface area contributed by atoms with Crippen molar-refractivity contribution in [3.05, 3.63) is 86.8 Å². The molecule has 1 fully saturated rings. The number of benzene rings is 2. The number of anilines is 1. The van der Waals surface area contributed by atoms with Crippen molar-refractivity contribution in [1.82, 2.24) is 0 Å². The van der Waals surface area contributed by atoms with Gasteiger partial charge in [0.05, 0.1) is 21.9 Å². The molecule has 1 N–H and O–H groups in total. The van der Waals surface area contributed by atoms with Crippen LogP contribution in [0.4, 0.5) is 10.1 Å². The number of β-lactam (4-membered cyclic amide) rings is 1. The molecular formula is C22H19BrFNO2S. The summed E-state index contributed by atoms with van der Waals surface area (Å²) in [5.74, 6) is -0.431. The third-order valence-corrected chi connectivity index (χ3v) is 6.83. The molecule has 3 atom stereocenters. The standard InChI is InChI=1S/C22H19BrFNO2S/c23-20-13-12-19(28-20)21-17(22(27)25(21)16-4-2-1-3-5-16)10-11-18(26)14-6-8-15(24)9-7-14/h1-9,12-13,17-18,21,26H,10-11H2/t17?,18-,21?/m0/s1. The Morgan fingerprint density at radius 2 is 1.79 bits per heavy atom. The van der Waals surface area contributed by atoms with Crippen molar-refractivity contribution in [2.75, 3.05) is 4.90 Å². The van der Waals surface area contributed by atoms with Crippen LogP contribution in [0.2, 0.25) is 0 Å². The molecule has 1 aromatic heterocycles. The van der Waals surface area contributed by atoms with Gasteiger partial charge in [0.25, 0.3) is 0 Å². The van der Waals surface area contributed by atoms with Crippen molar-refractivity contribution in [3.8, 4) is 0 Å². The Bertz CT molecular complexity index is 960. The second kappa shape index (κ2) is 8.15. The fourth-order valence-electron chi connectivity index (χ4n) is 3.71. The summed E-state index contributed by atoms with van der Waals surface area (Å²) in [4.78, 5) is 15.9. The van der Waals surface area contributed by atoms with E-state index in [1.54, 1.807) is 23.5 Å². The highest BCUT2D eigenvalue weighted by Crippen LogP contribution is 2.48. The Hall–Kier alpha value is -2.02. The lowest BCUT2D eigenvalue weighted by Gasteiger charge is -2.47. The molecule has 6 heteroatoms. The lowest BCUT2D eigenvalue weighted by Crippen LogP contribution is -2.55. The number of amides is 1. The van der Waals surface area contributed by atoms with Crippen molar-refractivity contribution in [1.29, 1.82) is 0 Å². The molecule has 3 aromatic rings. The van der Waals surface area contributed by atoms with Crippen LogP contribution in [0.5, 0.6) is 0 Å². The van der Waals surface area contributed by atoms with Crippen LogP contribution < -0.4 is 4.90 Å². The molecule has 4 rings (SSSR count). The Morgan fingerprint density at radius 1 is 1.07 bits per heavy atom. The smallest absolute Gasteiger partial charge is 0.233 e. The molecule has 2 aromatic carbocycles. The van der Waals surface area contributed by atoms with Crippen LogP contribution in [0.25, 0.3) is 0 Å². The predicted molar refractivity (Wildman–Crippen MR) is 113 cm³/mol. The molecule has 28 heavy (non-hydrogen) atoms. The number of carbonyl (C=O) groups excluding carboxylic acids is 1. The SMILES string of the molecule is O=C1C(CC[C@H](O)c2ccc(F)cc2)C(c2ccc(Br)s2)N1c1ccccc1. The van der Waals surface area contributed by atoms with E-state index in [2.05, 4.69) is 15.9 Å². The van der Waals surface area contributed by atoms with Crippen molar-refractivity contribution < 1.29 is 14.3 Å². The van der Waals surface area contributed by atoms with Gasteiger partial charge in [0, 0.05) is 10.6 Å². The van der Waals surface area contributed by atoms with Crippen molar-refractivity contribution in [2.45, 2.75) is 25.0 Å². The molecule has 1 amide bonds. The predicted octanol–water partition coefficient (Wildman–Crippen LogP) is 5.87. The van der Waals surface area contributed by atoms with E-state index in [0.717, 1.165) is 14.4 Å². The first-order valence-electron chi connectivity index (χ1n) is 9.11. The van der Waals surface area contributed by atoms with Gasteiger partial charge in [0.15, 0.2) is 0 Å². The summed E-state index contributed by atoms with van der Waals surface area (Å²) in [6.07, 6.45) is 0.309. The molecule has 144 valence electrons. The van der Waals surface area contributed by atoms with E-state index in [1.807, 2.05) is 47.4 Å². The van der Waals surface area contributed by atoms with Gasteiger partial charge in [-0.2, -0.15) is 0 Å². The monoisotopic (exact) mass is 459 g/mol. The topological polar surface area (TPSA) is 40.5 Å². The van der Waals surface area contributed by atoms with E-state index in [0.29, 0.717) is 18.4 Å². The molecule has 0 aliphatic carbocycles. The van der Waals surface area contributed by atoms with Gasteiger partial charge in [-0.25, -0.2) is 4.39 Å². The maximum atomic E-state index is 13.1. The van der Waals surface area contributed by atoms with Gasteiger partial charge in [0.2, 0.25) is 5.91 Å². The molecular weight excluding hydrogens is 441 g/mol. The minimum Gasteiger partial charge on any atom is -0.388 e. The summed E-state index contributed by atoms with van der Waals surface area (Å²) in [7, 11) is 0. The van der Waals surface area contributed by atoms with Gasteiger partial charge in [-0.1, -0.05) is 30.3 Å². The van der Waals surface area contributed by atoms with Crippen molar-refractivity contribution >= 4 is 38.9 Å². The van der Waals surface area contributed by atoms with Crippen molar-refractivity contribution in [3.63, 3.8) is 0 Å². The van der Waals surface area contributed by atoms with E-state index in [9.17, 15) is 14.3 Å². The fourth-order valence-corrected chi connectivity index (χ4v) is 5.29. The summed E-state index contributed by atoms with van der Waals surface area (Å²) in [6.45, 7) is 0. The lowest BCUT2D eigenvalue weighted by atomic mass is 9.81. The summed E-state index contributed by atoms with van der Waals surface area (Å²) in [5, 5.41) is 10.5. The third-order valence-electron chi connectivity index (χ3n) is 5.14. The van der Waals surface area contributed by atoms with E-state index in [-0.39, 0.29) is 23.7 Å². The Balaban J connectivity index is 1.52. The second-order valence-electron chi connectivity index (χ2n) is 6.88. The summed E-state index contributed by atoms with van der Waals surface area (Å²) in [6, 6.07) is 19.5. The first kappa shape index (κ1) is 19.3. The number of para-hydroxylation sites is 1. The number of aliphatic hydroxyl groups is 1. The van der Waals surface area contributed by atoms with Crippen molar-refractivity contribution in [2.24, 2.45) is 5.92 Å². The van der Waals surface area contributed by atoms with Crippen LogP contribution in [-0.2, 0) is 4.79 Å². The lowest BCUT2D eigenvalue weighted by molar-refractivity contribution is -0.130. The van der Waals surface area contributed by atoms with Crippen LogP contribution in [0.3, 0.4) is 0 Å². The Kier molecular flexibility index (Phi) is 5.62. The quantitative estimate of drug-likeness (QED) is 0.468. The average molecular weight is 460 g/mol. The zero-order valence-corrected chi connectivity index (χ0v) is 17.4. The molecule has 1 saturated heterocycles. The van der Waals surface area contributed by atoms with Crippen LogP contribution in [-0.4, -0.2) is 11.0 Å². The van der Waals surface area contributed by atoms with Crippen LogP contribution in [0.15, 0.2) is 70.5 Å². The minimum absolute atomic E-state index is 0.0355. The second-order valence-corrected chi connectivity index (χ2v) is 9.38. The molecule has 0 saturated carbocycles. The Labute approximate surface area is 175 Å². The van der Waals surface area contributed by atoms with E-state index < -0.39 is 6.10 Å². The average Bonchev–Trinajstić information content (AvgIpc) is 3.12. The zero-order chi connectivity index (χ0) is 19.7. The number of nitrogens with zero attached hydrogens (tertiary/aromatic N) is 1. The van der Waals surface area contributed by atoms with Gasteiger partial charge >= 0.3 is 0 Å². The molecule has 2 unspecified atom stereocenters. The Morgan fingerprint density at radius 3 is 2.43 bits per heavy atom. The van der Waals surface area contributed by atoms with Crippen LogP contribution >= 0.6 is 27.3 Å². The third kappa shape index (κ3) is 3.77. The maximum absolute atomic E-state index is 13.1. The van der Waals surface area contributed by atoms with E-state index in [4.69, 9.17) is 0 Å². The number of rotatable bonds is 6. The minimum atomic E-state index is -0.713. The highest BCUT2D eigenvalue weighted by Gasteiger charge is 2.49. The number of halogens is 2. The molecule has 1 aliphatic heterocycles. The number of carbonyl (C=O) groups is 1. The van der Waals surface area contributed by atoms with Crippen LogP contribution in [0.1, 0.15) is 35.4 Å². The molecule has 0 bridgehead atoms. The van der Waals surface area contributed by atoms with Gasteiger partial charge in [-0.3, -0.25) is 4.79 Å². The number of hydrogen-bond donors (Lipinski definition) is 1. The first-order chi connectivity index (χ1) is 13.5. The summed E-state index contributed by atoms with van der Waals surface area (Å²) >= 11 is 5.13. The largest absolute Gasteiger partial charge is 0.388 e. The number of aliphatic hydroxyl groups excluding tert-OH is 1. The van der Waals surface area contributed by atoms with Gasteiger partial charge in [-0.15, -0.1) is 11.3 Å². The highest BCUT2D eigenvalue weighted by molar-refractivity contribution is 9.11. The number of hydrogen-bond acceptors (Lipinski definition) is 3. The normalized spacial score (nSPS) is 20.1. The zero-order valence-electron chi connectivity index (χ0n) is 15.0. The molecule has 0 radical (unpaired) electrons. The van der Waals surface area contributed by atoms with Gasteiger partial charge in [-0.05, 0) is 70.7 Å². The molecule has 3 nitrogen and oxygen atoms in total. The molecule has 2 heterocycles. The molecule has 0 spiro atoms.